The molecule has 0 atom stereocenters. The van der Waals surface area contributed by atoms with Crippen LogP contribution in [-0.2, 0) is 11.2 Å². The standard InChI is InChI=1S/C17H20N2O3/c1-4-5-6-16-15(12(2)22-19-16)10-9-14-8-7-13(11-18-14)17(20)21-3/h7-11H,4-6H2,1-3H3/b10-9+. The molecular formula is C17H20N2O3. The molecule has 0 fully saturated rings. The summed E-state index contributed by atoms with van der Waals surface area (Å²) >= 11 is 0. The number of unbranched alkanes of at least 4 members (excludes halogenated alkanes) is 1. The summed E-state index contributed by atoms with van der Waals surface area (Å²) in [5.41, 5.74) is 3.17. The minimum atomic E-state index is -0.389. The van der Waals surface area contributed by atoms with E-state index >= 15 is 0 Å². The normalized spacial score (nSPS) is 11.0. The summed E-state index contributed by atoms with van der Waals surface area (Å²) < 4.78 is 9.91. The number of carbonyl (C=O) groups excluding carboxylic acids is 1. The second-order valence-electron chi connectivity index (χ2n) is 5.00. The monoisotopic (exact) mass is 300 g/mol. The lowest BCUT2D eigenvalue weighted by Crippen LogP contribution is -2.01. The van der Waals surface area contributed by atoms with Crippen LogP contribution in [0.25, 0.3) is 12.2 Å². The number of esters is 1. The molecule has 0 aromatic carbocycles. The quantitative estimate of drug-likeness (QED) is 0.761. The topological polar surface area (TPSA) is 65.2 Å². The summed E-state index contributed by atoms with van der Waals surface area (Å²) in [7, 11) is 1.35. The minimum Gasteiger partial charge on any atom is -0.465 e. The van der Waals surface area contributed by atoms with Gasteiger partial charge in [0.1, 0.15) is 5.76 Å². The fourth-order valence-electron chi connectivity index (χ4n) is 2.07. The van der Waals surface area contributed by atoms with Crippen LogP contribution in [0.2, 0.25) is 0 Å². The van der Waals surface area contributed by atoms with E-state index in [1.54, 1.807) is 12.1 Å². The maximum atomic E-state index is 11.4. The Balaban J connectivity index is 2.14. The molecule has 0 saturated carbocycles. The molecule has 0 aliphatic heterocycles. The predicted octanol–water partition coefficient (Wildman–Crippen LogP) is 3.68. The van der Waals surface area contributed by atoms with Crippen molar-refractivity contribution in [3.8, 4) is 0 Å². The molecule has 5 nitrogen and oxygen atoms in total. The van der Waals surface area contributed by atoms with Crippen LogP contribution < -0.4 is 0 Å². The average Bonchev–Trinajstić information content (AvgIpc) is 2.90. The van der Waals surface area contributed by atoms with Crippen LogP contribution in [-0.4, -0.2) is 23.2 Å². The highest BCUT2D eigenvalue weighted by Crippen LogP contribution is 2.18. The lowest BCUT2D eigenvalue weighted by molar-refractivity contribution is 0.0600. The zero-order valence-electron chi connectivity index (χ0n) is 13.1. The maximum absolute atomic E-state index is 11.4. The van der Waals surface area contributed by atoms with Crippen molar-refractivity contribution >= 4 is 18.1 Å². The number of ether oxygens (including phenoxy) is 1. The number of rotatable bonds is 6. The maximum Gasteiger partial charge on any atom is 0.339 e. The summed E-state index contributed by atoms with van der Waals surface area (Å²) in [6, 6.07) is 3.47. The first-order chi connectivity index (χ1) is 10.7. The van der Waals surface area contributed by atoms with Crippen LogP contribution in [0.4, 0.5) is 0 Å². The Hall–Kier alpha value is -2.43. The molecule has 2 heterocycles. The molecule has 5 heteroatoms. The van der Waals surface area contributed by atoms with Crippen LogP contribution in [0.15, 0.2) is 22.9 Å². The Morgan fingerprint density at radius 1 is 1.36 bits per heavy atom. The van der Waals surface area contributed by atoms with Gasteiger partial charge in [-0.3, -0.25) is 4.98 Å². The van der Waals surface area contributed by atoms with E-state index in [1.165, 1.54) is 13.3 Å². The van der Waals surface area contributed by atoms with Crippen molar-refractivity contribution in [2.24, 2.45) is 0 Å². The number of carbonyl (C=O) groups is 1. The molecule has 0 unspecified atom stereocenters. The zero-order valence-corrected chi connectivity index (χ0v) is 13.1. The fraction of sp³-hybridized carbons (Fsp3) is 0.353. The van der Waals surface area contributed by atoms with Gasteiger partial charge >= 0.3 is 5.97 Å². The largest absolute Gasteiger partial charge is 0.465 e. The average molecular weight is 300 g/mol. The van der Waals surface area contributed by atoms with E-state index in [4.69, 9.17) is 4.52 Å². The van der Waals surface area contributed by atoms with E-state index in [-0.39, 0.29) is 5.97 Å². The van der Waals surface area contributed by atoms with Crippen LogP contribution in [0.1, 0.15) is 52.8 Å². The molecule has 0 bridgehead atoms. The lowest BCUT2D eigenvalue weighted by Gasteiger charge is -1.99. The molecule has 0 amide bonds. The van der Waals surface area contributed by atoms with Gasteiger partial charge < -0.3 is 9.26 Å². The Bertz CT molecular complexity index is 657. The highest BCUT2D eigenvalue weighted by molar-refractivity contribution is 5.89. The van der Waals surface area contributed by atoms with E-state index in [0.717, 1.165) is 42.0 Å². The van der Waals surface area contributed by atoms with E-state index < -0.39 is 0 Å². The van der Waals surface area contributed by atoms with Gasteiger partial charge in [-0.05, 0) is 44.1 Å². The summed E-state index contributed by atoms with van der Waals surface area (Å²) in [6.45, 7) is 4.05. The van der Waals surface area contributed by atoms with Gasteiger partial charge in [-0.1, -0.05) is 18.5 Å². The van der Waals surface area contributed by atoms with Crippen molar-refractivity contribution in [1.29, 1.82) is 0 Å². The number of hydrogen-bond donors (Lipinski definition) is 0. The van der Waals surface area contributed by atoms with Gasteiger partial charge in [0.2, 0.25) is 0 Å². The van der Waals surface area contributed by atoms with E-state index in [1.807, 2.05) is 19.1 Å². The lowest BCUT2D eigenvalue weighted by atomic mass is 10.1. The fourth-order valence-corrected chi connectivity index (χ4v) is 2.07. The van der Waals surface area contributed by atoms with Crippen molar-refractivity contribution in [3.05, 3.63) is 46.6 Å². The van der Waals surface area contributed by atoms with Gasteiger partial charge in [0.05, 0.1) is 24.1 Å². The third-order valence-electron chi connectivity index (χ3n) is 3.38. The molecule has 0 N–H and O–H groups in total. The number of hydrogen-bond acceptors (Lipinski definition) is 5. The third kappa shape index (κ3) is 3.81. The summed E-state index contributed by atoms with van der Waals surface area (Å²) in [5.74, 6) is 0.410. The number of pyridine rings is 1. The van der Waals surface area contributed by atoms with Crippen molar-refractivity contribution in [2.45, 2.75) is 33.1 Å². The number of aromatic nitrogens is 2. The van der Waals surface area contributed by atoms with Crippen LogP contribution in [0.3, 0.4) is 0 Å². The molecule has 2 aromatic rings. The smallest absolute Gasteiger partial charge is 0.339 e. The first-order valence-electron chi connectivity index (χ1n) is 7.33. The highest BCUT2D eigenvalue weighted by atomic mass is 16.5. The van der Waals surface area contributed by atoms with Gasteiger partial charge in [-0.25, -0.2) is 4.79 Å². The Kier molecular flexibility index (Phi) is 5.47. The number of aryl methyl sites for hydroxylation is 2. The second kappa shape index (κ2) is 7.54. The molecule has 0 spiro atoms. The molecule has 0 radical (unpaired) electrons. The summed E-state index contributed by atoms with van der Waals surface area (Å²) in [6.07, 6.45) is 8.45. The van der Waals surface area contributed by atoms with Gasteiger partial charge in [0, 0.05) is 11.8 Å². The van der Waals surface area contributed by atoms with Crippen molar-refractivity contribution in [2.75, 3.05) is 7.11 Å². The van der Waals surface area contributed by atoms with Crippen molar-refractivity contribution in [3.63, 3.8) is 0 Å². The SMILES string of the molecule is CCCCc1noc(C)c1/C=C/c1ccc(C(=O)OC)cn1. The van der Waals surface area contributed by atoms with Crippen LogP contribution >= 0.6 is 0 Å². The van der Waals surface area contributed by atoms with Crippen LogP contribution in [0, 0.1) is 6.92 Å². The molecule has 0 aliphatic rings. The Morgan fingerprint density at radius 2 is 2.18 bits per heavy atom. The molecule has 0 aliphatic carbocycles. The van der Waals surface area contributed by atoms with Crippen molar-refractivity contribution < 1.29 is 14.1 Å². The summed E-state index contributed by atoms with van der Waals surface area (Å²) in [5, 5.41) is 4.11. The van der Waals surface area contributed by atoms with Crippen molar-refractivity contribution in [1.82, 2.24) is 10.1 Å². The Morgan fingerprint density at radius 3 is 2.82 bits per heavy atom. The van der Waals surface area contributed by atoms with Gasteiger partial charge in [0.25, 0.3) is 0 Å². The molecule has 0 saturated heterocycles. The minimum absolute atomic E-state index is 0.389. The molecule has 2 aromatic heterocycles. The zero-order chi connectivity index (χ0) is 15.9. The Labute approximate surface area is 130 Å². The molecule has 116 valence electrons. The highest BCUT2D eigenvalue weighted by Gasteiger charge is 2.09. The first kappa shape index (κ1) is 15.9. The van der Waals surface area contributed by atoms with Gasteiger partial charge in [-0.15, -0.1) is 0 Å². The molecule has 22 heavy (non-hydrogen) atoms. The van der Waals surface area contributed by atoms with E-state index in [9.17, 15) is 4.79 Å². The van der Waals surface area contributed by atoms with Gasteiger partial charge in [-0.2, -0.15) is 0 Å². The first-order valence-corrected chi connectivity index (χ1v) is 7.33. The number of nitrogens with zero attached hydrogens (tertiary/aromatic N) is 2. The predicted molar refractivity (Wildman–Crippen MR) is 84.4 cm³/mol. The van der Waals surface area contributed by atoms with E-state index in [0.29, 0.717) is 5.56 Å². The third-order valence-corrected chi connectivity index (χ3v) is 3.38. The molecule has 2 rings (SSSR count). The second-order valence-corrected chi connectivity index (χ2v) is 5.00. The van der Waals surface area contributed by atoms with Crippen LogP contribution in [0.5, 0.6) is 0 Å². The number of methoxy groups -OCH3 is 1. The molecular weight excluding hydrogens is 280 g/mol. The van der Waals surface area contributed by atoms with Gasteiger partial charge in [0.15, 0.2) is 0 Å². The van der Waals surface area contributed by atoms with E-state index in [2.05, 4.69) is 21.8 Å². The summed E-state index contributed by atoms with van der Waals surface area (Å²) in [4.78, 5) is 15.6.